The van der Waals surface area contributed by atoms with Crippen LogP contribution in [-0.4, -0.2) is 94.5 Å². The fourth-order valence-electron chi connectivity index (χ4n) is 12.0. The molecule has 2 heterocycles. The van der Waals surface area contributed by atoms with Crippen LogP contribution in [0.25, 0.3) is 0 Å². The molecule has 0 aromatic heterocycles. The predicted molar refractivity (Wildman–Crippen MR) is 226 cm³/mol. The summed E-state index contributed by atoms with van der Waals surface area (Å²) >= 11 is 0. The van der Waals surface area contributed by atoms with Crippen molar-refractivity contribution < 1.29 is 52.3 Å². The van der Waals surface area contributed by atoms with E-state index >= 15 is 0 Å². The Balaban J connectivity index is 0.838. The van der Waals surface area contributed by atoms with Crippen molar-refractivity contribution in [2.75, 3.05) is 47.6 Å². The van der Waals surface area contributed by atoms with Crippen molar-refractivity contribution >= 4 is 24.1 Å². The lowest BCUT2D eigenvalue weighted by Crippen LogP contribution is -2.65. The molecule has 2 amide bonds. The van der Waals surface area contributed by atoms with Crippen molar-refractivity contribution in [2.24, 2.45) is 34.0 Å². The molecule has 6 fully saturated rings. The Morgan fingerprint density at radius 1 is 0.820 bits per heavy atom. The second kappa shape index (κ2) is 17.6. The van der Waals surface area contributed by atoms with E-state index in [0.717, 1.165) is 30.4 Å². The van der Waals surface area contributed by atoms with Crippen LogP contribution in [0, 0.1) is 34.0 Å². The minimum absolute atomic E-state index is 0.0314. The van der Waals surface area contributed by atoms with Crippen LogP contribution in [0.4, 0.5) is 9.59 Å². The number of likely N-dealkylation sites (tertiary alicyclic amines) is 1. The molecule has 2 aromatic rings. The van der Waals surface area contributed by atoms with E-state index in [4.69, 9.17) is 33.2 Å². The Bertz CT molecular complexity index is 1940. The number of benzene rings is 2. The molecule has 5 atom stereocenters. The first-order valence-electron chi connectivity index (χ1n) is 21.9. The van der Waals surface area contributed by atoms with Crippen molar-refractivity contribution in [3.63, 3.8) is 0 Å². The maximum absolute atomic E-state index is 13.3. The first-order valence-corrected chi connectivity index (χ1v) is 21.9. The van der Waals surface area contributed by atoms with E-state index in [1.54, 1.807) is 33.3 Å². The number of nitrogens with one attached hydrogen (secondary N) is 2. The van der Waals surface area contributed by atoms with Gasteiger partial charge in [-0.05, 0) is 130 Å². The van der Waals surface area contributed by atoms with Crippen LogP contribution < -0.4 is 29.6 Å². The molecule has 4 saturated carbocycles. The summed E-state index contributed by atoms with van der Waals surface area (Å²) in [5, 5.41) is 6.20. The summed E-state index contributed by atoms with van der Waals surface area (Å²) in [6, 6.07) is 10.9. The molecule has 0 radical (unpaired) electrons. The zero-order chi connectivity index (χ0) is 43.7. The Labute approximate surface area is 360 Å². The zero-order valence-corrected chi connectivity index (χ0v) is 37.2. The van der Waals surface area contributed by atoms with Gasteiger partial charge in [-0.3, -0.25) is 9.59 Å². The molecule has 4 bridgehead atoms. The molecule has 2 aliphatic heterocycles. The molecule has 8 rings (SSSR count). The minimum Gasteiger partial charge on any atom is -0.493 e. The lowest BCUT2D eigenvalue weighted by Gasteiger charge is -2.65. The lowest BCUT2D eigenvalue weighted by atomic mass is 9.43. The number of hydrogen-bond donors (Lipinski definition) is 2. The van der Waals surface area contributed by atoms with Crippen molar-refractivity contribution in [2.45, 2.75) is 117 Å². The highest BCUT2D eigenvalue weighted by Gasteiger charge is 2.60. The molecular formula is C47H65N3O11. The van der Waals surface area contributed by atoms with Gasteiger partial charge in [0.2, 0.25) is 6.29 Å². The molecule has 0 spiro atoms. The summed E-state index contributed by atoms with van der Waals surface area (Å²) in [5.41, 5.74) is 1.25. The highest BCUT2D eigenvalue weighted by molar-refractivity contribution is 5.77. The fraction of sp³-hybridized carbons (Fsp3) is 0.660. The molecule has 2 aromatic carbocycles. The number of cyclic esters (lactones) is 1. The average molecular weight is 848 g/mol. The van der Waals surface area contributed by atoms with Crippen LogP contribution >= 0.6 is 0 Å². The maximum atomic E-state index is 13.3. The van der Waals surface area contributed by atoms with Crippen molar-refractivity contribution in [1.82, 2.24) is 15.5 Å². The van der Waals surface area contributed by atoms with E-state index < -0.39 is 29.9 Å². The summed E-state index contributed by atoms with van der Waals surface area (Å²) in [4.78, 5) is 54.5. The third-order valence-corrected chi connectivity index (χ3v) is 13.8. The number of methoxy groups -OCH3 is 3. The number of nitrogens with zero attached hydrogens (tertiary/aromatic N) is 1. The summed E-state index contributed by atoms with van der Waals surface area (Å²) in [7, 11) is 4.69. The van der Waals surface area contributed by atoms with Crippen LogP contribution in [0.15, 0.2) is 36.4 Å². The number of piperidine rings is 1. The van der Waals surface area contributed by atoms with Crippen molar-refractivity contribution in [1.29, 1.82) is 0 Å². The number of carbonyl (C=O) groups excluding carboxylic acids is 4. The van der Waals surface area contributed by atoms with Crippen LogP contribution in [-0.2, 0) is 36.6 Å². The summed E-state index contributed by atoms with van der Waals surface area (Å²) in [5.74, 6) is 1.48. The Hall–Kier alpha value is -4.72. The van der Waals surface area contributed by atoms with Gasteiger partial charge in [-0.1, -0.05) is 26.0 Å². The van der Waals surface area contributed by atoms with Gasteiger partial charge in [0.25, 0.3) is 0 Å². The first kappa shape index (κ1) is 44.3. The molecule has 4 aliphatic carbocycles. The number of amides is 2. The minimum atomic E-state index is -1.03. The van der Waals surface area contributed by atoms with Crippen molar-refractivity contribution in [3.8, 4) is 23.0 Å². The number of alkyl carbamates (subject to hydrolysis) is 1. The second-order valence-corrected chi connectivity index (χ2v) is 20.0. The number of carbonyl (C=O) groups is 4. The SMILES string of the molecule is COc1ccc(C[C@H]2COC(=O)[C@@H]2Cc2ccc(OC(=O)NC3CCN(CC(C)(C)C(=O)OC(C)OC(=O)NC45CC6CC(C)(CC(C)(C6)C4)C5)CC3)c(OC)c2)cc1OC. The molecule has 14 heteroatoms. The van der Waals surface area contributed by atoms with E-state index in [-0.39, 0.29) is 46.0 Å². The molecule has 3 unspecified atom stereocenters. The van der Waals surface area contributed by atoms with E-state index in [0.29, 0.717) is 75.1 Å². The standard InChI is InChI=1S/C47H65N3O11/c1-29(60-43(54)49-47-23-32-21-45(4,26-47)25-46(5,22-32)27-47)59-41(52)44(2,3)28-50-15-13-34(14-16-50)48-42(53)61-37-12-10-31(20-39(37)57-8)18-35-33(24-58-40(35)51)17-30-9-11-36(55-6)38(19-30)56-7/h9-12,19-20,29,32-35H,13-18,21-28H2,1-8H3,(H,48,53)(H,49,54)/t29?,32?,33-,35+,45?,46?,47?/m0/s1. The van der Waals surface area contributed by atoms with Gasteiger partial charge < -0.3 is 48.7 Å². The van der Waals surface area contributed by atoms with Gasteiger partial charge in [-0.2, -0.15) is 0 Å². The molecule has 334 valence electrons. The van der Waals surface area contributed by atoms with Gasteiger partial charge in [0.15, 0.2) is 23.0 Å². The Morgan fingerprint density at radius 2 is 1.43 bits per heavy atom. The normalized spacial score (nSPS) is 29.0. The Morgan fingerprint density at radius 3 is 2.05 bits per heavy atom. The molecule has 61 heavy (non-hydrogen) atoms. The topological polar surface area (TPSA) is 160 Å². The van der Waals surface area contributed by atoms with Gasteiger partial charge in [0, 0.05) is 44.1 Å². The van der Waals surface area contributed by atoms with E-state index in [1.807, 2.05) is 38.1 Å². The summed E-state index contributed by atoms with van der Waals surface area (Å²) < 4.78 is 38.9. The summed E-state index contributed by atoms with van der Waals surface area (Å²) in [6.07, 6.45) is 6.84. The average Bonchev–Trinajstić information content (AvgIpc) is 3.51. The maximum Gasteiger partial charge on any atom is 0.412 e. The fourth-order valence-corrected chi connectivity index (χ4v) is 12.0. The molecule has 6 aliphatic rings. The first-order chi connectivity index (χ1) is 28.9. The van der Waals surface area contributed by atoms with Crippen LogP contribution in [0.1, 0.15) is 97.1 Å². The number of ether oxygens (including phenoxy) is 7. The van der Waals surface area contributed by atoms with Crippen LogP contribution in [0.3, 0.4) is 0 Å². The Kier molecular flexibility index (Phi) is 12.8. The van der Waals surface area contributed by atoms with Gasteiger partial charge in [-0.25, -0.2) is 9.59 Å². The quantitative estimate of drug-likeness (QED) is 0.137. The highest BCUT2D eigenvalue weighted by Crippen LogP contribution is 2.66. The highest BCUT2D eigenvalue weighted by atomic mass is 16.7. The zero-order valence-electron chi connectivity index (χ0n) is 37.2. The smallest absolute Gasteiger partial charge is 0.412 e. The van der Waals surface area contributed by atoms with Gasteiger partial charge in [-0.15, -0.1) is 0 Å². The monoisotopic (exact) mass is 847 g/mol. The number of esters is 2. The van der Waals surface area contributed by atoms with Gasteiger partial charge >= 0.3 is 24.1 Å². The molecule has 2 saturated heterocycles. The largest absolute Gasteiger partial charge is 0.493 e. The van der Waals surface area contributed by atoms with Gasteiger partial charge in [0.1, 0.15) is 0 Å². The second-order valence-electron chi connectivity index (χ2n) is 20.0. The predicted octanol–water partition coefficient (Wildman–Crippen LogP) is 7.23. The molecule has 14 nitrogen and oxygen atoms in total. The molecular weight excluding hydrogens is 783 g/mol. The van der Waals surface area contributed by atoms with E-state index in [1.165, 1.54) is 26.4 Å². The van der Waals surface area contributed by atoms with Crippen LogP contribution in [0.5, 0.6) is 23.0 Å². The molecule has 2 N–H and O–H groups in total. The lowest BCUT2D eigenvalue weighted by molar-refractivity contribution is -0.177. The third kappa shape index (κ3) is 10.3. The van der Waals surface area contributed by atoms with Gasteiger partial charge in [0.05, 0.1) is 39.3 Å². The number of rotatable bonds is 15. The van der Waals surface area contributed by atoms with E-state index in [2.05, 4.69) is 29.4 Å². The van der Waals surface area contributed by atoms with Crippen molar-refractivity contribution in [3.05, 3.63) is 47.5 Å². The van der Waals surface area contributed by atoms with E-state index in [9.17, 15) is 19.2 Å². The van der Waals surface area contributed by atoms with Crippen LogP contribution in [0.2, 0.25) is 0 Å². The number of hydrogen-bond acceptors (Lipinski definition) is 12. The third-order valence-electron chi connectivity index (χ3n) is 13.8. The summed E-state index contributed by atoms with van der Waals surface area (Å²) in [6.45, 7) is 12.1.